The molecule has 1 N–H and O–H groups in total. The maximum Gasteiger partial charge on any atom is 0.163 e. The van der Waals surface area contributed by atoms with E-state index in [1.807, 2.05) is 38.1 Å². The molecule has 0 aliphatic heterocycles. The van der Waals surface area contributed by atoms with Crippen LogP contribution < -0.4 is 9.47 Å². The van der Waals surface area contributed by atoms with E-state index in [0.29, 0.717) is 35.3 Å². The Kier molecular flexibility index (Phi) is 5.48. The molecule has 0 unspecified atom stereocenters. The first-order valence-corrected chi connectivity index (χ1v) is 7.27. The number of halogens is 1. The van der Waals surface area contributed by atoms with E-state index in [0.717, 1.165) is 5.56 Å². The van der Waals surface area contributed by atoms with E-state index in [4.69, 9.17) is 21.1 Å². The van der Waals surface area contributed by atoms with Crippen LogP contribution in [0.25, 0.3) is 0 Å². The molecule has 0 aromatic heterocycles. The van der Waals surface area contributed by atoms with Crippen LogP contribution in [0.4, 0.5) is 0 Å². The van der Waals surface area contributed by atoms with Gasteiger partial charge in [-0.05, 0) is 36.6 Å². The van der Waals surface area contributed by atoms with Gasteiger partial charge in [0.05, 0.1) is 18.2 Å². The topological polar surface area (TPSA) is 38.7 Å². The summed E-state index contributed by atoms with van der Waals surface area (Å²) < 4.78 is 11.4. The summed E-state index contributed by atoms with van der Waals surface area (Å²) in [6.45, 7) is 4.79. The number of hydrogen-bond donors (Lipinski definition) is 1. The van der Waals surface area contributed by atoms with Crippen LogP contribution in [0.3, 0.4) is 0 Å². The molecule has 0 aliphatic carbocycles. The number of benzene rings is 2. The summed E-state index contributed by atoms with van der Waals surface area (Å²) >= 11 is 6.12. The predicted molar refractivity (Wildman–Crippen MR) is 84.1 cm³/mol. The Hall–Kier alpha value is -1.71. The monoisotopic (exact) mass is 306 g/mol. The molecule has 0 heterocycles. The first kappa shape index (κ1) is 15.7. The van der Waals surface area contributed by atoms with Crippen LogP contribution in [0.2, 0.25) is 5.02 Å². The van der Waals surface area contributed by atoms with E-state index in [2.05, 4.69) is 0 Å². The van der Waals surface area contributed by atoms with Crippen LogP contribution in [-0.2, 0) is 13.2 Å². The summed E-state index contributed by atoms with van der Waals surface area (Å²) in [6.07, 6.45) is 0. The van der Waals surface area contributed by atoms with Crippen LogP contribution in [-0.4, -0.2) is 11.7 Å². The summed E-state index contributed by atoms with van der Waals surface area (Å²) in [5, 5.41) is 9.74. The zero-order valence-electron chi connectivity index (χ0n) is 12.2. The Balaban J connectivity index is 2.22. The van der Waals surface area contributed by atoms with Crippen molar-refractivity contribution in [2.24, 2.45) is 0 Å². The minimum Gasteiger partial charge on any atom is -0.490 e. The average Bonchev–Trinajstić information content (AvgIpc) is 2.48. The minimum atomic E-state index is -0.128. The lowest BCUT2D eigenvalue weighted by Gasteiger charge is -2.15. The lowest BCUT2D eigenvalue weighted by atomic mass is 10.1. The molecule has 112 valence electrons. The van der Waals surface area contributed by atoms with Gasteiger partial charge in [-0.1, -0.05) is 35.9 Å². The second-order valence-corrected chi connectivity index (χ2v) is 5.10. The molecule has 2 aromatic carbocycles. The Bertz CT molecular complexity index is 611. The fourth-order valence-electron chi connectivity index (χ4n) is 2.01. The molecule has 0 bridgehead atoms. The van der Waals surface area contributed by atoms with Gasteiger partial charge in [-0.3, -0.25) is 0 Å². The highest BCUT2D eigenvalue weighted by Crippen LogP contribution is 2.34. The molecule has 2 rings (SSSR count). The third kappa shape index (κ3) is 3.90. The highest BCUT2D eigenvalue weighted by Gasteiger charge is 2.11. The molecule has 0 amide bonds. The number of ether oxygens (including phenoxy) is 2. The number of rotatable bonds is 6. The minimum absolute atomic E-state index is 0.128. The average molecular weight is 307 g/mol. The van der Waals surface area contributed by atoms with Crippen molar-refractivity contribution in [3.05, 3.63) is 58.1 Å². The van der Waals surface area contributed by atoms with Crippen molar-refractivity contribution >= 4 is 11.6 Å². The highest BCUT2D eigenvalue weighted by atomic mass is 35.5. The summed E-state index contributed by atoms with van der Waals surface area (Å²) in [4.78, 5) is 0. The number of aryl methyl sites for hydroxylation is 1. The van der Waals surface area contributed by atoms with Crippen molar-refractivity contribution < 1.29 is 14.6 Å². The maximum absolute atomic E-state index is 9.27. The number of hydrogen-bond acceptors (Lipinski definition) is 3. The third-order valence-electron chi connectivity index (χ3n) is 3.23. The van der Waals surface area contributed by atoms with E-state index in [9.17, 15) is 5.11 Å². The van der Waals surface area contributed by atoms with Crippen LogP contribution in [0.15, 0.2) is 36.4 Å². The van der Waals surface area contributed by atoms with Gasteiger partial charge in [0.1, 0.15) is 6.61 Å². The van der Waals surface area contributed by atoms with Gasteiger partial charge in [0, 0.05) is 6.07 Å². The molecule has 0 spiro atoms. The van der Waals surface area contributed by atoms with Gasteiger partial charge >= 0.3 is 0 Å². The van der Waals surface area contributed by atoms with Crippen LogP contribution in [0.5, 0.6) is 11.5 Å². The van der Waals surface area contributed by atoms with Crippen molar-refractivity contribution in [2.75, 3.05) is 6.61 Å². The van der Waals surface area contributed by atoms with Crippen molar-refractivity contribution in [1.82, 2.24) is 0 Å². The van der Waals surface area contributed by atoms with Gasteiger partial charge in [-0.2, -0.15) is 0 Å². The summed E-state index contributed by atoms with van der Waals surface area (Å²) in [5.41, 5.74) is 2.92. The van der Waals surface area contributed by atoms with E-state index >= 15 is 0 Å². The summed E-state index contributed by atoms with van der Waals surface area (Å²) in [6, 6.07) is 11.5. The predicted octanol–water partition coefficient (Wildman–Crippen LogP) is 4.12. The second kappa shape index (κ2) is 7.34. The standard InChI is InChI=1S/C17H19ClO3/c1-3-20-16-8-14(10-19)15(18)9-17(16)21-11-13-7-5-4-6-12(13)2/h4-9,19H,3,10-11H2,1-2H3. The van der Waals surface area contributed by atoms with Gasteiger partial charge in [0.15, 0.2) is 11.5 Å². The van der Waals surface area contributed by atoms with Gasteiger partial charge in [-0.15, -0.1) is 0 Å². The Morgan fingerprint density at radius 2 is 1.76 bits per heavy atom. The second-order valence-electron chi connectivity index (χ2n) is 4.70. The first-order valence-electron chi connectivity index (χ1n) is 6.89. The van der Waals surface area contributed by atoms with Crippen molar-refractivity contribution in [3.8, 4) is 11.5 Å². The molecule has 0 fully saturated rings. The Labute approximate surface area is 130 Å². The fraction of sp³-hybridized carbons (Fsp3) is 0.294. The van der Waals surface area contributed by atoms with Crippen molar-refractivity contribution in [2.45, 2.75) is 27.1 Å². The number of aliphatic hydroxyl groups excluding tert-OH is 1. The van der Waals surface area contributed by atoms with Crippen molar-refractivity contribution in [3.63, 3.8) is 0 Å². The van der Waals surface area contributed by atoms with Gasteiger partial charge in [0.25, 0.3) is 0 Å². The smallest absolute Gasteiger partial charge is 0.163 e. The van der Waals surface area contributed by atoms with E-state index < -0.39 is 0 Å². The number of aliphatic hydroxyl groups is 1. The van der Waals surface area contributed by atoms with E-state index in [-0.39, 0.29) is 6.61 Å². The van der Waals surface area contributed by atoms with Crippen LogP contribution in [0.1, 0.15) is 23.6 Å². The fourth-order valence-corrected chi connectivity index (χ4v) is 2.22. The Morgan fingerprint density at radius 1 is 1.05 bits per heavy atom. The molecule has 0 saturated heterocycles. The molecule has 0 aliphatic rings. The molecule has 0 radical (unpaired) electrons. The van der Waals surface area contributed by atoms with Crippen molar-refractivity contribution in [1.29, 1.82) is 0 Å². The van der Waals surface area contributed by atoms with E-state index in [1.165, 1.54) is 5.56 Å². The SMILES string of the molecule is CCOc1cc(CO)c(Cl)cc1OCc1ccccc1C. The van der Waals surface area contributed by atoms with Gasteiger partial charge in [-0.25, -0.2) is 0 Å². The zero-order valence-corrected chi connectivity index (χ0v) is 13.0. The molecule has 2 aromatic rings. The largest absolute Gasteiger partial charge is 0.490 e. The first-order chi connectivity index (χ1) is 10.2. The molecule has 0 atom stereocenters. The van der Waals surface area contributed by atoms with Gasteiger partial charge < -0.3 is 14.6 Å². The zero-order chi connectivity index (χ0) is 15.2. The molecular weight excluding hydrogens is 288 g/mol. The summed E-state index contributed by atoms with van der Waals surface area (Å²) in [7, 11) is 0. The molecule has 4 heteroatoms. The molecule has 0 saturated carbocycles. The lowest BCUT2D eigenvalue weighted by molar-refractivity contribution is 0.263. The van der Waals surface area contributed by atoms with Gasteiger partial charge in [0.2, 0.25) is 0 Å². The molecule has 21 heavy (non-hydrogen) atoms. The van der Waals surface area contributed by atoms with Crippen LogP contribution in [0, 0.1) is 6.92 Å². The summed E-state index contributed by atoms with van der Waals surface area (Å²) in [5.74, 6) is 1.18. The third-order valence-corrected chi connectivity index (χ3v) is 3.58. The van der Waals surface area contributed by atoms with E-state index in [1.54, 1.807) is 12.1 Å². The quantitative estimate of drug-likeness (QED) is 0.872. The molecule has 3 nitrogen and oxygen atoms in total. The normalized spacial score (nSPS) is 10.5. The highest BCUT2D eigenvalue weighted by molar-refractivity contribution is 6.31. The maximum atomic E-state index is 9.27. The Morgan fingerprint density at radius 3 is 2.43 bits per heavy atom. The molecular formula is C17H19ClO3. The lowest BCUT2D eigenvalue weighted by Crippen LogP contribution is -2.02. The van der Waals surface area contributed by atoms with Crippen LogP contribution >= 0.6 is 11.6 Å².